The van der Waals surface area contributed by atoms with E-state index in [-0.39, 0.29) is 35.8 Å². The van der Waals surface area contributed by atoms with Crippen molar-refractivity contribution in [1.82, 2.24) is 0 Å². The Hall–Kier alpha value is -1.42. The van der Waals surface area contributed by atoms with Crippen LogP contribution in [0.3, 0.4) is 0 Å². The van der Waals surface area contributed by atoms with E-state index in [2.05, 4.69) is 6.58 Å². The predicted molar refractivity (Wildman–Crippen MR) is 66.2 cm³/mol. The number of epoxide rings is 1. The van der Waals surface area contributed by atoms with Crippen molar-refractivity contribution in [3.63, 3.8) is 0 Å². The highest BCUT2D eigenvalue weighted by atomic mass is 16.6. The van der Waals surface area contributed by atoms with Crippen molar-refractivity contribution in [2.75, 3.05) is 0 Å². The summed E-state index contributed by atoms with van der Waals surface area (Å²) in [7, 11) is 0. The molecule has 0 aromatic carbocycles. The summed E-state index contributed by atoms with van der Waals surface area (Å²) in [5, 5.41) is 0. The Balaban J connectivity index is 1.86. The summed E-state index contributed by atoms with van der Waals surface area (Å²) >= 11 is 0. The van der Waals surface area contributed by atoms with Crippen LogP contribution in [0.4, 0.5) is 0 Å². The minimum atomic E-state index is -0.466. The molecule has 0 bridgehead atoms. The average molecular weight is 260 g/mol. The molecule has 4 nitrogen and oxygen atoms in total. The molecular formula is C15H16O4. The predicted octanol–water partition coefficient (Wildman–Crippen LogP) is 1.55. The van der Waals surface area contributed by atoms with Gasteiger partial charge in [-0.25, -0.2) is 4.79 Å². The average Bonchev–Trinajstić information content (AvgIpc) is 2.94. The molecule has 2 aliphatic heterocycles. The molecule has 19 heavy (non-hydrogen) atoms. The van der Waals surface area contributed by atoms with Crippen LogP contribution in [-0.4, -0.2) is 29.6 Å². The van der Waals surface area contributed by atoms with Crippen molar-refractivity contribution >= 4 is 11.8 Å². The summed E-state index contributed by atoms with van der Waals surface area (Å²) < 4.78 is 11.1. The van der Waals surface area contributed by atoms with E-state index in [0.717, 1.165) is 24.0 Å². The fourth-order valence-electron chi connectivity index (χ4n) is 4.09. The largest absolute Gasteiger partial charge is 0.458 e. The monoisotopic (exact) mass is 260 g/mol. The Morgan fingerprint density at radius 1 is 1.37 bits per heavy atom. The third-order valence-electron chi connectivity index (χ3n) is 5.24. The van der Waals surface area contributed by atoms with Gasteiger partial charge in [0.15, 0.2) is 11.9 Å². The van der Waals surface area contributed by atoms with Gasteiger partial charge in [-0.05, 0) is 26.7 Å². The van der Waals surface area contributed by atoms with Gasteiger partial charge >= 0.3 is 5.97 Å². The SMILES string of the molecule is C=C1C(=O)OC2C1CCC(C)=C1C(=O)C3OC3(C)C12. The maximum absolute atomic E-state index is 12.4. The first-order chi connectivity index (χ1) is 8.95. The molecule has 4 heteroatoms. The van der Waals surface area contributed by atoms with Gasteiger partial charge in [-0.15, -0.1) is 0 Å². The maximum atomic E-state index is 12.4. The lowest BCUT2D eigenvalue weighted by molar-refractivity contribution is -0.142. The number of Topliss-reactive ketones (excluding diaryl/α,β-unsaturated/α-hetero) is 1. The van der Waals surface area contributed by atoms with Crippen molar-refractivity contribution in [3.05, 3.63) is 23.3 Å². The maximum Gasteiger partial charge on any atom is 0.334 e. The molecule has 0 radical (unpaired) electrons. The molecule has 100 valence electrons. The van der Waals surface area contributed by atoms with Crippen LogP contribution in [0.15, 0.2) is 23.3 Å². The zero-order valence-corrected chi connectivity index (χ0v) is 11.1. The van der Waals surface area contributed by atoms with Gasteiger partial charge in [0, 0.05) is 17.1 Å². The van der Waals surface area contributed by atoms with Crippen LogP contribution < -0.4 is 0 Å². The highest BCUT2D eigenvalue weighted by molar-refractivity contribution is 6.07. The number of esters is 1. The van der Waals surface area contributed by atoms with Crippen LogP contribution in [0, 0.1) is 11.8 Å². The van der Waals surface area contributed by atoms with Crippen molar-refractivity contribution < 1.29 is 19.1 Å². The number of carbonyl (C=O) groups excluding carboxylic acids is 2. The van der Waals surface area contributed by atoms with Crippen molar-refractivity contribution in [1.29, 1.82) is 0 Å². The molecule has 0 amide bonds. The Kier molecular flexibility index (Phi) is 1.91. The molecule has 0 aromatic rings. The van der Waals surface area contributed by atoms with Gasteiger partial charge in [-0.3, -0.25) is 4.79 Å². The molecule has 5 unspecified atom stereocenters. The normalized spacial score (nSPS) is 47.6. The molecule has 0 spiro atoms. The first-order valence-electron chi connectivity index (χ1n) is 6.76. The van der Waals surface area contributed by atoms with E-state index >= 15 is 0 Å². The lowest BCUT2D eigenvalue weighted by atomic mass is 9.81. The fourth-order valence-corrected chi connectivity index (χ4v) is 4.09. The van der Waals surface area contributed by atoms with Crippen LogP contribution in [0.1, 0.15) is 26.7 Å². The molecule has 5 atom stereocenters. The third kappa shape index (κ3) is 1.18. The zero-order valence-electron chi connectivity index (χ0n) is 11.1. The minimum Gasteiger partial charge on any atom is -0.458 e. The molecule has 0 aromatic heterocycles. The number of ether oxygens (including phenoxy) is 2. The summed E-state index contributed by atoms with van der Waals surface area (Å²) in [6.07, 6.45) is 1.06. The van der Waals surface area contributed by atoms with Crippen molar-refractivity contribution in [3.8, 4) is 0 Å². The van der Waals surface area contributed by atoms with Crippen LogP contribution in [0.5, 0.6) is 0 Å². The number of hydrogen-bond donors (Lipinski definition) is 0. The molecule has 4 rings (SSSR count). The number of fused-ring (bicyclic) bond motifs is 5. The molecule has 2 aliphatic carbocycles. The molecule has 4 aliphatic rings. The Morgan fingerprint density at radius 3 is 2.84 bits per heavy atom. The van der Waals surface area contributed by atoms with Gasteiger partial charge in [0.05, 0.1) is 5.92 Å². The quantitative estimate of drug-likeness (QED) is 0.377. The number of ketones is 1. The van der Waals surface area contributed by atoms with E-state index < -0.39 is 5.60 Å². The summed E-state index contributed by atoms with van der Waals surface area (Å²) in [6.45, 7) is 7.83. The second-order valence-electron chi connectivity index (χ2n) is 6.26. The Bertz CT molecular complexity index is 573. The first kappa shape index (κ1) is 11.4. The Morgan fingerprint density at radius 2 is 2.11 bits per heavy atom. The first-order valence-corrected chi connectivity index (χ1v) is 6.76. The van der Waals surface area contributed by atoms with E-state index in [9.17, 15) is 9.59 Å². The number of carbonyl (C=O) groups is 2. The van der Waals surface area contributed by atoms with Gasteiger partial charge in [0.1, 0.15) is 11.7 Å². The second kappa shape index (κ2) is 3.18. The molecular weight excluding hydrogens is 244 g/mol. The van der Waals surface area contributed by atoms with Crippen LogP contribution in [0.25, 0.3) is 0 Å². The second-order valence-corrected chi connectivity index (χ2v) is 6.26. The molecule has 1 saturated carbocycles. The summed E-state index contributed by atoms with van der Waals surface area (Å²) in [5.41, 5.74) is 2.07. The van der Waals surface area contributed by atoms with Gasteiger partial charge < -0.3 is 9.47 Å². The zero-order chi connectivity index (χ0) is 13.5. The number of rotatable bonds is 0. The van der Waals surface area contributed by atoms with Crippen LogP contribution in [0.2, 0.25) is 0 Å². The van der Waals surface area contributed by atoms with E-state index in [1.807, 2.05) is 13.8 Å². The lowest BCUT2D eigenvalue weighted by Crippen LogP contribution is -2.35. The van der Waals surface area contributed by atoms with Gasteiger partial charge in [-0.1, -0.05) is 12.2 Å². The Labute approximate surface area is 111 Å². The van der Waals surface area contributed by atoms with Gasteiger partial charge in [-0.2, -0.15) is 0 Å². The van der Waals surface area contributed by atoms with E-state index in [1.54, 1.807) is 0 Å². The molecule has 0 N–H and O–H groups in total. The summed E-state index contributed by atoms with van der Waals surface area (Å²) in [4.78, 5) is 24.1. The minimum absolute atomic E-state index is 0.0255. The summed E-state index contributed by atoms with van der Waals surface area (Å²) in [6, 6.07) is 0. The molecule has 2 heterocycles. The van der Waals surface area contributed by atoms with Crippen LogP contribution >= 0.6 is 0 Å². The molecule has 2 saturated heterocycles. The smallest absolute Gasteiger partial charge is 0.334 e. The van der Waals surface area contributed by atoms with E-state index in [4.69, 9.17) is 9.47 Å². The van der Waals surface area contributed by atoms with Gasteiger partial charge in [0.2, 0.25) is 0 Å². The van der Waals surface area contributed by atoms with Crippen LogP contribution in [-0.2, 0) is 19.1 Å². The van der Waals surface area contributed by atoms with E-state index in [1.165, 1.54) is 0 Å². The van der Waals surface area contributed by atoms with Crippen molar-refractivity contribution in [2.45, 2.75) is 44.5 Å². The fraction of sp³-hybridized carbons (Fsp3) is 0.600. The third-order valence-corrected chi connectivity index (χ3v) is 5.24. The number of hydrogen-bond acceptors (Lipinski definition) is 4. The van der Waals surface area contributed by atoms with Gasteiger partial charge in [0.25, 0.3) is 0 Å². The standard InChI is InChI=1S/C15H16O4/c1-6-4-5-8-7(2)14(17)18-12(8)10-9(6)11(16)13-15(10,3)19-13/h8,10,12-13H,2,4-5H2,1,3H3. The topological polar surface area (TPSA) is 55.9 Å². The highest BCUT2D eigenvalue weighted by Gasteiger charge is 2.73. The van der Waals surface area contributed by atoms with E-state index in [0.29, 0.717) is 5.57 Å². The summed E-state index contributed by atoms with van der Waals surface area (Å²) in [5.74, 6) is -0.300. The molecule has 3 fully saturated rings. The highest BCUT2D eigenvalue weighted by Crippen LogP contribution is 2.60. The van der Waals surface area contributed by atoms with Crippen molar-refractivity contribution in [2.24, 2.45) is 11.8 Å². The lowest BCUT2D eigenvalue weighted by Gasteiger charge is -2.26. The number of allylic oxidation sites excluding steroid dienone is 1.